The predicted molar refractivity (Wildman–Crippen MR) is 101 cm³/mol. The molecule has 0 N–H and O–H groups in total. The average Bonchev–Trinajstić information content (AvgIpc) is 2.84. The van der Waals surface area contributed by atoms with Crippen molar-refractivity contribution in [3.8, 4) is 11.3 Å². The molecule has 1 unspecified atom stereocenters. The molecule has 3 heterocycles. The monoisotopic (exact) mass is 353 g/mol. The van der Waals surface area contributed by atoms with E-state index >= 15 is 0 Å². The fraction of sp³-hybridized carbons (Fsp3) is 0.524. The molecule has 1 amide bonds. The van der Waals surface area contributed by atoms with E-state index in [1.807, 2.05) is 41.8 Å². The molecule has 4 rings (SSSR count). The van der Waals surface area contributed by atoms with Crippen LogP contribution in [0.3, 0.4) is 0 Å². The largest absolute Gasteiger partial charge is 0.365 e. The molecule has 1 fully saturated rings. The Labute approximate surface area is 154 Å². The Morgan fingerprint density at radius 1 is 1.15 bits per heavy atom. The number of nitrogens with zero attached hydrogens (tertiary/aromatic N) is 3. The zero-order chi connectivity index (χ0) is 18.1. The zero-order valence-electron chi connectivity index (χ0n) is 15.7. The van der Waals surface area contributed by atoms with E-state index in [9.17, 15) is 4.79 Å². The molecule has 1 saturated heterocycles. The van der Waals surface area contributed by atoms with Crippen LogP contribution in [0.1, 0.15) is 37.4 Å². The van der Waals surface area contributed by atoms with E-state index < -0.39 is 5.60 Å². The van der Waals surface area contributed by atoms with Gasteiger partial charge in [-0.25, -0.2) is 0 Å². The summed E-state index contributed by atoms with van der Waals surface area (Å²) >= 11 is 0. The number of carbonyl (C=O) groups excluding carboxylic acids is 1. The quantitative estimate of drug-likeness (QED) is 0.834. The summed E-state index contributed by atoms with van der Waals surface area (Å²) in [6.07, 6.45) is 4.63. The highest BCUT2D eigenvalue weighted by Crippen LogP contribution is 2.30. The third-order valence-corrected chi connectivity index (χ3v) is 5.78. The van der Waals surface area contributed by atoms with Gasteiger partial charge in [-0.05, 0) is 32.6 Å². The van der Waals surface area contributed by atoms with Crippen molar-refractivity contribution in [1.29, 1.82) is 0 Å². The highest BCUT2D eigenvalue weighted by Gasteiger charge is 2.39. The van der Waals surface area contributed by atoms with Crippen LogP contribution in [0.25, 0.3) is 11.3 Å². The maximum atomic E-state index is 13.1. The van der Waals surface area contributed by atoms with Crippen molar-refractivity contribution >= 4 is 5.91 Å². The lowest BCUT2D eigenvalue weighted by Crippen LogP contribution is -2.51. The Balaban J connectivity index is 1.57. The fourth-order valence-corrected chi connectivity index (χ4v) is 4.25. The first kappa shape index (κ1) is 17.3. The smallest absolute Gasteiger partial charge is 0.254 e. The number of aryl methyl sites for hydroxylation is 1. The standard InChI is InChI=1S/C21H27N3O2/c1-21(12-6-7-15-26-21)20(25)24-13-10-17-18(11-14-24)23(2)22-19(17)16-8-4-3-5-9-16/h3-5,8-9H,6-7,10-15H2,1-2H3. The summed E-state index contributed by atoms with van der Waals surface area (Å²) in [7, 11) is 2.01. The lowest BCUT2D eigenvalue weighted by Gasteiger charge is -2.36. The molecule has 2 aliphatic rings. The van der Waals surface area contributed by atoms with Crippen molar-refractivity contribution in [1.82, 2.24) is 14.7 Å². The summed E-state index contributed by atoms with van der Waals surface area (Å²) in [6.45, 7) is 4.12. The number of fused-ring (bicyclic) bond motifs is 1. The molecule has 0 spiro atoms. The van der Waals surface area contributed by atoms with Gasteiger partial charge in [-0.3, -0.25) is 9.48 Å². The maximum absolute atomic E-state index is 13.1. The Bertz CT molecular complexity index is 791. The van der Waals surface area contributed by atoms with Gasteiger partial charge in [0.05, 0.1) is 5.69 Å². The molecule has 0 radical (unpaired) electrons. The van der Waals surface area contributed by atoms with Crippen molar-refractivity contribution in [3.05, 3.63) is 41.6 Å². The summed E-state index contributed by atoms with van der Waals surface area (Å²) < 4.78 is 7.88. The summed E-state index contributed by atoms with van der Waals surface area (Å²) in [5, 5.41) is 4.77. The number of ether oxygens (including phenoxy) is 1. The molecule has 2 aliphatic heterocycles. The summed E-state index contributed by atoms with van der Waals surface area (Å²) in [5.74, 6) is 0.152. The number of amides is 1. The molecular weight excluding hydrogens is 326 g/mol. The molecule has 1 aromatic heterocycles. The predicted octanol–water partition coefficient (Wildman–Crippen LogP) is 2.97. The lowest BCUT2D eigenvalue weighted by molar-refractivity contribution is -0.161. The van der Waals surface area contributed by atoms with Gasteiger partial charge in [0.2, 0.25) is 0 Å². The van der Waals surface area contributed by atoms with Crippen LogP contribution in [0, 0.1) is 0 Å². The molecular formula is C21H27N3O2. The third-order valence-electron chi connectivity index (χ3n) is 5.78. The zero-order valence-corrected chi connectivity index (χ0v) is 15.7. The van der Waals surface area contributed by atoms with E-state index in [0.717, 1.165) is 56.5 Å². The van der Waals surface area contributed by atoms with Gasteiger partial charge in [-0.1, -0.05) is 30.3 Å². The van der Waals surface area contributed by atoms with Crippen LogP contribution >= 0.6 is 0 Å². The topological polar surface area (TPSA) is 47.4 Å². The minimum atomic E-state index is -0.644. The molecule has 0 aliphatic carbocycles. The number of rotatable bonds is 2. The second-order valence-electron chi connectivity index (χ2n) is 7.59. The van der Waals surface area contributed by atoms with E-state index in [0.29, 0.717) is 6.61 Å². The minimum absolute atomic E-state index is 0.152. The van der Waals surface area contributed by atoms with E-state index in [1.165, 1.54) is 11.3 Å². The molecule has 1 atom stereocenters. The highest BCUT2D eigenvalue weighted by molar-refractivity contribution is 5.85. The van der Waals surface area contributed by atoms with Gasteiger partial charge in [0.25, 0.3) is 5.91 Å². The lowest BCUT2D eigenvalue weighted by atomic mass is 9.94. The van der Waals surface area contributed by atoms with Crippen LogP contribution in [-0.2, 0) is 29.4 Å². The van der Waals surface area contributed by atoms with Gasteiger partial charge in [0.15, 0.2) is 0 Å². The molecule has 0 saturated carbocycles. The van der Waals surface area contributed by atoms with E-state index in [2.05, 4.69) is 12.1 Å². The van der Waals surface area contributed by atoms with Gasteiger partial charge < -0.3 is 9.64 Å². The maximum Gasteiger partial charge on any atom is 0.254 e. The van der Waals surface area contributed by atoms with E-state index in [-0.39, 0.29) is 5.91 Å². The molecule has 1 aromatic carbocycles. The molecule has 5 heteroatoms. The Morgan fingerprint density at radius 2 is 1.92 bits per heavy atom. The second kappa shape index (κ2) is 6.88. The van der Waals surface area contributed by atoms with Crippen LogP contribution in [0.5, 0.6) is 0 Å². The number of aromatic nitrogens is 2. The highest BCUT2D eigenvalue weighted by atomic mass is 16.5. The summed E-state index contributed by atoms with van der Waals surface area (Å²) in [5.41, 5.74) is 4.08. The van der Waals surface area contributed by atoms with Crippen molar-refractivity contribution < 1.29 is 9.53 Å². The number of carbonyl (C=O) groups is 1. The van der Waals surface area contributed by atoms with Crippen LogP contribution in [0.2, 0.25) is 0 Å². The number of hydrogen-bond donors (Lipinski definition) is 0. The Hall–Kier alpha value is -2.14. The van der Waals surface area contributed by atoms with Crippen LogP contribution in [-0.4, -0.2) is 45.9 Å². The first-order chi connectivity index (χ1) is 12.6. The normalized spacial score (nSPS) is 23.4. The van der Waals surface area contributed by atoms with Gasteiger partial charge in [-0.2, -0.15) is 5.10 Å². The van der Waals surface area contributed by atoms with Gasteiger partial charge in [0, 0.05) is 50.0 Å². The first-order valence-corrected chi connectivity index (χ1v) is 9.62. The molecule has 5 nitrogen and oxygen atoms in total. The van der Waals surface area contributed by atoms with Crippen LogP contribution in [0.4, 0.5) is 0 Å². The first-order valence-electron chi connectivity index (χ1n) is 9.62. The molecule has 26 heavy (non-hydrogen) atoms. The van der Waals surface area contributed by atoms with E-state index in [1.54, 1.807) is 0 Å². The van der Waals surface area contributed by atoms with Crippen molar-refractivity contribution in [2.45, 2.75) is 44.6 Å². The number of benzene rings is 1. The Kier molecular flexibility index (Phi) is 4.57. The van der Waals surface area contributed by atoms with Gasteiger partial charge in [0.1, 0.15) is 5.60 Å². The van der Waals surface area contributed by atoms with Gasteiger partial charge in [-0.15, -0.1) is 0 Å². The second-order valence-corrected chi connectivity index (χ2v) is 7.59. The molecule has 138 valence electrons. The van der Waals surface area contributed by atoms with Crippen molar-refractivity contribution in [2.75, 3.05) is 19.7 Å². The molecule has 0 bridgehead atoms. The third kappa shape index (κ3) is 3.05. The SMILES string of the molecule is Cn1nc(-c2ccccc2)c2c1CCN(C(=O)C1(C)CCCCO1)CC2. The van der Waals surface area contributed by atoms with Crippen LogP contribution in [0.15, 0.2) is 30.3 Å². The fourth-order valence-electron chi connectivity index (χ4n) is 4.25. The molecule has 2 aromatic rings. The van der Waals surface area contributed by atoms with E-state index in [4.69, 9.17) is 9.84 Å². The van der Waals surface area contributed by atoms with Crippen LogP contribution < -0.4 is 0 Å². The summed E-state index contributed by atoms with van der Waals surface area (Å²) in [4.78, 5) is 15.1. The van der Waals surface area contributed by atoms with Gasteiger partial charge >= 0.3 is 0 Å². The minimum Gasteiger partial charge on any atom is -0.365 e. The Morgan fingerprint density at radius 3 is 2.65 bits per heavy atom. The number of hydrogen-bond acceptors (Lipinski definition) is 3. The van der Waals surface area contributed by atoms with Crippen molar-refractivity contribution in [2.24, 2.45) is 7.05 Å². The average molecular weight is 353 g/mol. The van der Waals surface area contributed by atoms with Crippen molar-refractivity contribution in [3.63, 3.8) is 0 Å². The summed E-state index contributed by atoms with van der Waals surface area (Å²) in [6, 6.07) is 10.3.